The molecule has 7 nitrogen and oxygen atoms in total. The van der Waals surface area contributed by atoms with Crippen molar-refractivity contribution in [1.29, 1.82) is 0 Å². The topological polar surface area (TPSA) is 61.5 Å². The maximum absolute atomic E-state index is 12.9. The van der Waals surface area contributed by atoms with Gasteiger partial charge in [-0.2, -0.15) is 13.2 Å². The van der Waals surface area contributed by atoms with Crippen LogP contribution in [-0.4, -0.2) is 58.4 Å². The zero-order chi connectivity index (χ0) is 17.3. The maximum Gasteiger partial charge on any atom is 0.451 e. The van der Waals surface area contributed by atoms with E-state index in [1.165, 1.54) is 0 Å². The van der Waals surface area contributed by atoms with E-state index < -0.39 is 17.7 Å². The van der Waals surface area contributed by atoms with E-state index >= 15 is 0 Å². The number of piperidine rings is 1. The highest BCUT2D eigenvalue weighted by Gasteiger charge is 2.39. The molecule has 3 rings (SSSR count). The van der Waals surface area contributed by atoms with Crippen molar-refractivity contribution in [3.05, 3.63) is 16.3 Å². The molecule has 0 radical (unpaired) electrons. The summed E-state index contributed by atoms with van der Waals surface area (Å²) in [7, 11) is 1.10. The fourth-order valence-electron chi connectivity index (χ4n) is 3.19. The van der Waals surface area contributed by atoms with Crippen molar-refractivity contribution in [3.63, 3.8) is 0 Å². The lowest BCUT2D eigenvalue weighted by Gasteiger charge is -2.31. The monoisotopic (exact) mass is 350 g/mol. The molecule has 0 aliphatic carbocycles. The average molecular weight is 350 g/mol. The standard InChI is InChI=1S/C14H21F3N4O3/c1-19-12(14(15,16)17)18-21(13(19)22)10-2-5-20(6-3-10)7-4-11-23-8-9-24-11/h10-11H,2-9H2,1H3. The van der Waals surface area contributed by atoms with E-state index in [-0.39, 0.29) is 12.3 Å². The second-order valence-electron chi connectivity index (χ2n) is 6.14. The summed E-state index contributed by atoms with van der Waals surface area (Å²) in [5.41, 5.74) is -0.714. The normalized spacial score (nSPS) is 21.7. The third-order valence-corrected chi connectivity index (χ3v) is 4.53. The molecule has 0 amide bonds. The lowest BCUT2D eigenvalue weighted by molar-refractivity contribution is -0.147. The molecule has 2 aliphatic heterocycles. The lowest BCUT2D eigenvalue weighted by atomic mass is 10.1. The molecule has 0 N–H and O–H groups in total. The summed E-state index contributed by atoms with van der Waals surface area (Å²) in [4.78, 5) is 14.2. The molecule has 0 atom stereocenters. The van der Waals surface area contributed by atoms with E-state index in [0.717, 1.165) is 24.7 Å². The Morgan fingerprint density at radius 3 is 2.38 bits per heavy atom. The second-order valence-corrected chi connectivity index (χ2v) is 6.14. The predicted octanol–water partition coefficient (Wildman–Crippen LogP) is 1.00. The van der Waals surface area contributed by atoms with Gasteiger partial charge in [0.15, 0.2) is 6.29 Å². The van der Waals surface area contributed by atoms with Gasteiger partial charge in [0.25, 0.3) is 0 Å². The Kier molecular flexibility index (Phi) is 4.97. The van der Waals surface area contributed by atoms with Crippen LogP contribution < -0.4 is 5.69 Å². The van der Waals surface area contributed by atoms with Gasteiger partial charge in [0.1, 0.15) is 0 Å². The number of halogens is 3. The second kappa shape index (κ2) is 6.85. The van der Waals surface area contributed by atoms with Crippen LogP contribution in [0.15, 0.2) is 4.79 Å². The number of alkyl halides is 3. The number of hydrogen-bond donors (Lipinski definition) is 0. The van der Waals surface area contributed by atoms with E-state index in [1.807, 2.05) is 0 Å². The molecule has 0 saturated carbocycles. The molecule has 3 heterocycles. The molecule has 24 heavy (non-hydrogen) atoms. The Morgan fingerprint density at radius 1 is 1.21 bits per heavy atom. The summed E-state index contributed by atoms with van der Waals surface area (Å²) in [6, 6.07) is -0.296. The quantitative estimate of drug-likeness (QED) is 0.811. The zero-order valence-corrected chi connectivity index (χ0v) is 13.5. The van der Waals surface area contributed by atoms with Gasteiger partial charge in [0, 0.05) is 33.1 Å². The van der Waals surface area contributed by atoms with Crippen LogP contribution in [0.1, 0.15) is 31.1 Å². The number of rotatable bonds is 4. The largest absolute Gasteiger partial charge is 0.451 e. The van der Waals surface area contributed by atoms with Crippen LogP contribution in [-0.2, 0) is 22.7 Å². The highest BCUT2D eigenvalue weighted by molar-refractivity contribution is 4.93. The van der Waals surface area contributed by atoms with Gasteiger partial charge in [-0.25, -0.2) is 9.48 Å². The van der Waals surface area contributed by atoms with Crippen LogP contribution >= 0.6 is 0 Å². The lowest BCUT2D eigenvalue weighted by Crippen LogP contribution is -2.39. The molecule has 0 bridgehead atoms. The molecule has 1 aromatic rings. The maximum atomic E-state index is 12.9. The van der Waals surface area contributed by atoms with E-state index in [9.17, 15) is 18.0 Å². The van der Waals surface area contributed by atoms with Crippen LogP contribution in [0.4, 0.5) is 13.2 Å². The van der Waals surface area contributed by atoms with Crippen molar-refractivity contribution >= 4 is 0 Å². The van der Waals surface area contributed by atoms with Gasteiger partial charge in [-0.15, -0.1) is 5.10 Å². The van der Waals surface area contributed by atoms with E-state index in [2.05, 4.69) is 10.00 Å². The molecular formula is C14H21F3N4O3. The zero-order valence-electron chi connectivity index (χ0n) is 13.5. The van der Waals surface area contributed by atoms with Crippen molar-refractivity contribution in [1.82, 2.24) is 19.2 Å². The number of hydrogen-bond acceptors (Lipinski definition) is 5. The first kappa shape index (κ1) is 17.4. The third kappa shape index (κ3) is 3.65. The minimum Gasteiger partial charge on any atom is -0.350 e. The van der Waals surface area contributed by atoms with Crippen molar-refractivity contribution < 1.29 is 22.6 Å². The fourth-order valence-corrected chi connectivity index (χ4v) is 3.19. The summed E-state index contributed by atoms with van der Waals surface area (Å²) in [5, 5.41) is 3.52. The Balaban J connectivity index is 1.57. The van der Waals surface area contributed by atoms with Gasteiger partial charge >= 0.3 is 11.9 Å². The van der Waals surface area contributed by atoms with Gasteiger partial charge in [0.2, 0.25) is 5.82 Å². The molecule has 1 aromatic heterocycles. The number of nitrogens with zero attached hydrogens (tertiary/aromatic N) is 4. The molecule has 0 spiro atoms. The van der Waals surface area contributed by atoms with Crippen LogP contribution in [0.5, 0.6) is 0 Å². The first-order valence-electron chi connectivity index (χ1n) is 8.04. The predicted molar refractivity (Wildman–Crippen MR) is 77.5 cm³/mol. The summed E-state index contributed by atoms with van der Waals surface area (Å²) < 4.78 is 50.9. The number of aromatic nitrogens is 3. The summed E-state index contributed by atoms with van der Waals surface area (Å²) in [6.45, 7) is 3.47. The first-order valence-corrected chi connectivity index (χ1v) is 8.04. The van der Waals surface area contributed by atoms with E-state index in [1.54, 1.807) is 0 Å². The minimum atomic E-state index is -4.62. The molecule has 2 saturated heterocycles. The third-order valence-electron chi connectivity index (χ3n) is 4.53. The number of likely N-dealkylation sites (tertiary alicyclic amines) is 1. The van der Waals surface area contributed by atoms with Crippen LogP contribution in [0.3, 0.4) is 0 Å². The van der Waals surface area contributed by atoms with Crippen molar-refractivity contribution in [3.8, 4) is 0 Å². The van der Waals surface area contributed by atoms with E-state index in [0.29, 0.717) is 43.7 Å². The molecular weight excluding hydrogens is 329 g/mol. The summed E-state index contributed by atoms with van der Waals surface area (Å²) in [5.74, 6) is -1.15. The minimum absolute atomic E-state index is 0.157. The van der Waals surface area contributed by atoms with Crippen molar-refractivity contribution in [2.75, 3.05) is 32.8 Å². The SMILES string of the molecule is Cn1c(C(F)(F)F)nn(C2CCN(CCC3OCCO3)CC2)c1=O. The molecule has 2 fully saturated rings. The molecule has 0 aromatic carbocycles. The first-order chi connectivity index (χ1) is 11.4. The number of ether oxygens (including phenoxy) is 2. The smallest absolute Gasteiger partial charge is 0.350 e. The summed E-state index contributed by atoms with van der Waals surface area (Å²) >= 11 is 0. The van der Waals surface area contributed by atoms with Gasteiger partial charge in [-0.1, -0.05) is 0 Å². The van der Waals surface area contributed by atoms with Gasteiger partial charge in [-0.05, 0) is 12.8 Å². The van der Waals surface area contributed by atoms with Crippen LogP contribution in [0.2, 0.25) is 0 Å². The van der Waals surface area contributed by atoms with Gasteiger partial charge in [-0.3, -0.25) is 4.57 Å². The Labute approximate surface area is 136 Å². The molecule has 136 valence electrons. The molecule has 10 heteroatoms. The van der Waals surface area contributed by atoms with Crippen LogP contribution in [0.25, 0.3) is 0 Å². The van der Waals surface area contributed by atoms with E-state index in [4.69, 9.17) is 9.47 Å². The summed E-state index contributed by atoms with van der Waals surface area (Å²) in [6.07, 6.45) is -2.81. The van der Waals surface area contributed by atoms with Crippen LogP contribution in [0, 0.1) is 0 Å². The average Bonchev–Trinajstić information content (AvgIpc) is 3.15. The Morgan fingerprint density at radius 2 is 1.83 bits per heavy atom. The molecule has 0 unspecified atom stereocenters. The van der Waals surface area contributed by atoms with Gasteiger partial charge in [0.05, 0.1) is 19.3 Å². The van der Waals surface area contributed by atoms with Gasteiger partial charge < -0.3 is 14.4 Å². The highest BCUT2D eigenvalue weighted by Crippen LogP contribution is 2.28. The van der Waals surface area contributed by atoms with Crippen molar-refractivity contribution in [2.45, 2.75) is 37.8 Å². The van der Waals surface area contributed by atoms with Crippen molar-refractivity contribution in [2.24, 2.45) is 7.05 Å². The highest BCUT2D eigenvalue weighted by atomic mass is 19.4. The Bertz CT molecular complexity index is 614. The fraction of sp³-hybridized carbons (Fsp3) is 0.857. The molecule has 2 aliphatic rings. The Hall–Kier alpha value is -1.39.